The van der Waals surface area contributed by atoms with Crippen LogP contribution in [-0.2, 0) is 17.9 Å². The maximum Gasteiger partial charge on any atom is 0.226 e. The molecule has 2 unspecified atom stereocenters. The lowest BCUT2D eigenvalue weighted by molar-refractivity contribution is -0.118. The van der Waals surface area contributed by atoms with E-state index in [1.807, 2.05) is 38.1 Å². The third-order valence-corrected chi connectivity index (χ3v) is 5.70. The zero-order valence-electron chi connectivity index (χ0n) is 19.5. The first kappa shape index (κ1) is 26.1. The Hall–Kier alpha value is -2.13. The topological polar surface area (TPSA) is 68.8 Å². The van der Waals surface area contributed by atoms with Crippen LogP contribution in [0.15, 0.2) is 59.6 Å². The molecule has 3 N–H and O–H groups in total. The smallest absolute Gasteiger partial charge is 0.226 e. The molecular weight excluding hydrogens is 513 g/mol. The molecule has 0 aromatic heterocycles. The molecule has 1 heterocycles. The van der Waals surface area contributed by atoms with E-state index in [0.717, 1.165) is 36.7 Å². The first-order valence-corrected chi connectivity index (χ1v) is 11.1. The lowest BCUT2D eigenvalue weighted by atomic mass is 10.1. The summed E-state index contributed by atoms with van der Waals surface area (Å²) in [5.41, 5.74) is 3.31. The molecule has 6 nitrogen and oxygen atoms in total. The number of benzene rings is 2. The molecule has 2 atom stereocenters. The molecule has 0 aliphatic carbocycles. The van der Waals surface area contributed by atoms with E-state index in [2.05, 4.69) is 63.1 Å². The first-order chi connectivity index (χ1) is 14.9. The Labute approximate surface area is 209 Å². The molecule has 2 aromatic rings. The Morgan fingerprint density at radius 3 is 2.41 bits per heavy atom. The lowest BCUT2D eigenvalue weighted by Crippen LogP contribution is -2.44. The predicted octanol–water partition coefficient (Wildman–Crippen LogP) is 4.23. The largest absolute Gasteiger partial charge is 0.352 e. The van der Waals surface area contributed by atoms with E-state index in [0.29, 0.717) is 18.6 Å². The van der Waals surface area contributed by atoms with Gasteiger partial charge < -0.3 is 16.0 Å². The van der Waals surface area contributed by atoms with Gasteiger partial charge in [0.1, 0.15) is 0 Å². The molecule has 2 aromatic carbocycles. The van der Waals surface area contributed by atoms with Crippen molar-refractivity contribution < 1.29 is 4.79 Å². The van der Waals surface area contributed by atoms with E-state index >= 15 is 0 Å². The van der Waals surface area contributed by atoms with E-state index < -0.39 is 0 Å². The van der Waals surface area contributed by atoms with Gasteiger partial charge in [0.25, 0.3) is 0 Å². The number of hydrogen-bond acceptors (Lipinski definition) is 3. The molecule has 1 amide bonds. The standard InChI is InChI=1S/C25H35N5O.HI/c1-18(2)24(31)28-22-12-10-20(11-13-22)15-27-25(26-4)29-23-14-19(3)30(17-23)16-21-8-6-5-7-9-21;/h5-13,18-19,23H,14-17H2,1-4H3,(H,28,31)(H2,26,27,29);1H. The van der Waals surface area contributed by atoms with Crippen LogP contribution in [0.1, 0.15) is 38.3 Å². The molecule has 1 fully saturated rings. The van der Waals surface area contributed by atoms with Crippen molar-refractivity contribution in [1.29, 1.82) is 0 Å². The van der Waals surface area contributed by atoms with Gasteiger partial charge >= 0.3 is 0 Å². The number of aliphatic imine (C=N–C) groups is 1. The summed E-state index contributed by atoms with van der Waals surface area (Å²) in [4.78, 5) is 18.7. The fourth-order valence-corrected chi connectivity index (χ4v) is 3.81. The molecule has 1 aliphatic rings. The number of nitrogens with one attached hydrogen (secondary N) is 3. The van der Waals surface area contributed by atoms with Crippen molar-refractivity contribution in [2.45, 2.75) is 52.4 Å². The van der Waals surface area contributed by atoms with E-state index in [1.54, 1.807) is 7.05 Å². The highest BCUT2D eigenvalue weighted by molar-refractivity contribution is 14.0. The Balaban J connectivity index is 0.00000363. The zero-order chi connectivity index (χ0) is 22.2. The third-order valence-electron chi connectivity index (χ3n) is 5.70. The monoisotopic (exact) mass is 549 g/mol. The van der Waals surface area contributed by atoms with Crippen molar-refractivity contribution in [3.63, 3.8) is 0 Å². The van der Waals surface area contributed by atoms with Crippen LogP contribution in [0, 0.1) is 5.92 Å². The van der Waals surface area contributed by atoms with Gasteiger partial charge in [-0.05, 0) is 36.6 Å². The molecule has 174 valence electrons. The first-order valence-electron chi connectivity index (χ1n) is 11.1. The minimum Gasteiger partial charge on any atom is -0.352 e. The summed E-state index contributed by atoms with van der Waals surface area (Å²) in [6.45, 7) is 8.72. The number of rotatable bonds is 7. The molecule has 1 aliphatic heterocycles. The van der Waals surface area contributed by atoms with Crippen molar-refractivity contribution in [2.24, 2.45) is 10.9 Å². The normalized spacial score (nSPS) is 18.8. The van der Waals surface area contributed by atoms with E-state index in [-0.39, 0.29) is 35.8 Å². The maximum atomic E-state index is 11.8. The number of anilines is 1. The fourth-order valence-electron chi connectivity index (χ4n) is 3.81. The van der Waals surface area contributed by atoms with E-state index in [4.69, 9.17) is 0 Å². The highest BCUT2D eigenvalue weighted by Crippen LogP contribution is 2.20. The second-order valence-electron chi connectivity index (χ2n) is 8.61. The van der Waals surface area contributed by atoms with Gasteiger partial charge in [0.15, 0.2) is 5.96 Å². The third kappa shape index (κ3) is 7.78. The molecule has 7 heteroatoms. The molecule has 0 radical (unpaired) electrons. The fraction of sp³-hybridized carbons (Fsp3) is 0.440. The Bertz CT molecular complexity index is 870. The highest BCUT2D eigenvalue weighted by atomic mass is 127. The summed E-state index contributed by atoms with van der Waals surface area (Å²) < 4.78 is 0. The number of hydrogen-bond donors (Lipinski definition) is 3. The van der Waals surface area contributed by atoms with Crippen molar-refractivity contribution in [1.82, 2.24) is 15.5 Å². The molecule has 3 rings (SSSR count). The minimum absolute atomic E-state index is 0. The zero-order valence-corrected chi connectivity index (χ0v) is 21.8. The van der Waals surface area contributed by atoms with Crippen molar-refractivity contribution in [3.8, 4) is 0 Å². The van der Waals surface area contributed by atoms with Crippen molar-refractivity contribution >= 4 is 41.5 Å². The van der Waals surface area contributed by atoms with Gasteiger partial charge in [-0.3, -0.25) is 14.7 Å². The van der Waals surface area contributed by atoms with Gasteiger partial charge in [0, 0.05) is 50.4 Å². The van der Waals surface area contributed by atoms with E-state index in [1.165, 1.54) is 5.56 Å². The van der Waals surface area contributed by atoms with Crippen LogP contribution in [0.25, 0.3) is 0 Å². The lowest BCUT2D eigenvalue weighted by Gasteiger charge is -2.21. The van der Waals surface area contributed by atoms with Gasteiger partial charge in [-0.25, -0.2) is 0 Å². The van der Waals surface area contributed by atoms with E-state index in [9.17, 15) is 4.79 Å². The molecule has 1 saturated heterocycles. The number of likely N-dealkylation sites (tertiary alicyclic amines) is 1. The van der Waals surface area contributed by atoms with Crippen LogP contribution in [0.4, 0.5) is 5.69 Å². The predicted molar refractivity (Wildman–Crippen MR) is 143 cm³/mol. The van der Waals surface area contributed by atoms with Crippen molar-refractivity contribution in [3.05, 3.63) is 65.7 Å². The maximum absolute atomic E-state index is 11.8. The van der Waals surface area contributed by atoms with Crippen LogP contribution in [0.2, 0.25) is 0 Å². The van der Waals surface area contributed by atoms with Crippen LogP contribution in [0.3, 0.4) is 0 Å². The number of carbonyl (C=O) groups excluding carboxylic acids is 1. The van der Waals surface area contributed by atoms with Gasteiger partial charge in [-0.2, -0.15) is 0 Å². The Morgan fingerprint density at radius 2 is 1.78 bits per heavy atom. The minimum atomic E-state index is -0.0299. The Kier molecular flexibility index (Phi) is 10.4. The van der Waals surface area contributed by atoms with Crippen LogP contribution >= 0.6 is 24.0 Å². The van der Waals surface area contributed by atoms with Crippen LogP contribution in [0.5, 0.6) is 0 Å². The summed E-state index contributed by atoms with van der Waals surface area (Å²) in [7, 11) is 1.81. The number of guanidine groups is 1. The summed E-state index contributed by atoms with van der Waals surface area (Å²) in [5.74, 6) is 0.816. The average molecular weight is 550 g/mol. The summed E-state index contributed by atoms with van der Waals surface area (Å²) in [5, 5.41) is 9.89. The van der Waals surface area contributed by atoms with Gasteiger partial charge in [0.2, 0.25) is 5.91 Å². The van der Waals surface area contributed by atoms with Gasteiger partial charge in [-0.15, -0.1) is 24.0 Å². The molecule has 0 bridgehead atoms. The second-order valence-corrected chi connectivity index (χ2v) is 8.61. The van der Waals surface area contributed by atoms with Gasteiger partial charge in [0.05, 0.1) is 0 Å². The molecule has 0 spiro atoms. The molecular formula is C25H36IN5O. The Morgan fingerprint density at radius 1 is 1.09 bits per heavy atom. The molecule has 32 heavy (non-hydrogen) atoms. The number of nitrogens with zero attached hydrogens (tertiary/aromatic N) is 2. The van der Waals surface area contributed by atoms with Crippen LogP contribution in [-0.4, -0.2) is 42.4 Å². The highest BCUT2D eigenvalue weighted by Gasteiger charge is 2.29. The van der Waals surface area contributed by atoms with Crippen molar-refractivity contribution in [2.75, 3.05) is 18.9 Å². The summed E-state index contributed by atoms with van der Waals surface area (Å²) >= 11 is 0. The quantitative estimate of drug-likeness (QED) is 0.275. The van der Waals surface area contributed by atoms with Crippen LogP contribution < -0.4 is 16.0 Å². The summed E-state index contributed by atoms with van der Waals surface area (Å²) in [6.07, 6.45) is 1.10. The number of halogens is 1. The SMILES string of the molecule is CN=C(NCc1ccc(NC(=O)C(C)C)cc1)NC1CC(C)N(Cc2ccccc2)C1.I. The average Bonchev–Trinajstić information content (AvgIpc) is 3.11. The summed E-state index contributed by atoms with van der Waals surface area (Å²) in [6, 6.07) is 19.5. The number of amides is 1. The van der Waals surface area contributed by atoms with Gasteiger partial charge in [-0.1, -0.05) is 56.3 Å². The number of carbonyl (C=O) groups is 1. The second kappa shape index (κ2) is 12.8. The molecule has 0 saturated carbocycles.